The molecule has 0 radical (unpaired) electrons. The summed E-state index contributed by atoms with van der Waals surface area (Å²) in [5, 5.41) is 10.5. The molecule has 0 amide bonds. The number of alkyl halides is 3. The number of rotatable bonds is 5. The molecule has 0 aliphatic rings. The van der Waals surface area contributed by atoms with Crippen molar-refractivity contribution in [2.45, 2.75) is 19.7 Å². The van der Waals surface area contributed by atoms with Crippen molar-refractivity contribution in [3.8, 4) is 33.2 Å². The molecular weight excluding hydrogens is 491 g/mol. The molecule has 2 heterocycles. The first-order valence-electron chi connectivity index (χ1n) is 10.8. The van der Waals surface area contributed by atoms with Crippen LogP contribution in [-0.2, 0) is 12.8 Å². The van der Waals surface area contributed by atoms with Gasteiger partial charge in [0.1, 0.15) is 35.0 Å². The molecule has 3 aromatic carbocycles. The number of phenolic OH excluding ortho intramolecular Hbond substituents is 1. The maximum absolute atomic E-state index is 12.9. The van der Waals surface area contributed by atoms with E-state index in [2.05, 4.69) is 4.98 Å². The quantitative estimate of drug-likeness (QED) is 0.271. The van der Waals surface area contributed by atoms with Gasteiger partial charge in [-0.05, 0) is 48.9 Å². The first-order valence-corrected chi connectivity index (χ1v) is 11.6. The van der Waals surface area contributed by atoms with Gasteiger partial charge in [0.2, 0.25) is 0 Å². The molecule has 9 heteroatoms. The molecule has 1 N–H and O–H groups in total. The largest absolute Gasteiger partial charge is 0.508 e. The topological polar surface area (TPSA) is 72.6 Å². The molecule has 36 heavy (non-hydrogen) atoms. The molecule has 0 saturated heterocycles. The van der Waals surface area contributed by atoms with E-state index in [1.807, 2.05) is 6.92 Å². The van der Waals surface area contributed by atoms with Crippen LogP contribution in [0.1, 0.15) is 16.1 Å². The smallest absolute Gasteiger partial charge is 0.416 e. The van der Waals surface area contributed by atoms with Crippen LogP contribution in [0.2, 0.25) is 0 Å². The van der Waals surface area contributed by atoms with E-state index in [9.17, 15) is 23.1 Å². The lowest BCUT2D eigenvalue weighted by molar-refractivity contribution is -0.137. The third kappa shape index (κ3) is 4.70. The monoisotopic (exact) mass is 509 g/mol. The Bertz CT molecular complexity index is 1600. The third-order valence-corrected chi connectivity index (χ3v) is 6.83. The fraction of sp³-hybridized carbons (Fsp3) is 0.111. The van der Waals surface area contributed by atoms with E-state index in [0.29, 0.717) is 38.4 Å². The molecule has 0 saturated carbocycles. The van der Waals surface area contributed by atoms with Crippen molar-refractivity contribution >= 4 is 22.3 Å². The van der Waals surface area contributed by atoms with E-state index < -0.39 is 11.7 Å². The SMILES string of the molecule is Cc1nc(-c2ccc(C(F)(F)F)cc2)sc1COc1ccc2c(=O)c(-c3ccc(O)cc3)coc2c1. The summed E-state index contributed by atoms with van der Waals surface area (Å²) in [5.74, 6) is 0.597. The number of aromatic nitrogens is 1. The Balaban J connectivity index is 1.34. The highest BCUT2D eigenvalue weighted by molar-refractivity contribution is 7.15. The molecular formula is C27H18F3NO4S. The van der Waals surface area contributed by atoms with Crippen molar-refractivity contribution in [2.75, 3.05) is 0 Å². The minimum absolute atomic E-state index is 0.105. The second kappa shape index (κ2) is 9.16. The lowest BCUT2D eigenvalue weighted by Gasteiger charge is -2.07. The summed E-state index contributed by atoms with van der Waals surface area (Å²) >= 11 is 1.34. The maximum Gasteiger partial charge on any atom is 0.416 e. The van der Waals surface area contributed by atoms with Gasteiger partial charge >= 0.3 is 6.18 Å². The zero-order valence-electron chi connectivity index (χ0n) is 18.8. The number of aryl methyl sites for hydroxylation is 1. The number of halogens is 3. The van der Waals surface area contributed by atoms with Gasteiger partial charge < -0.3 is 14.3 Å². The van der Waals surface area contributed by atoms with Gasteiger partial charge in [0, 0.05) is 11.6 Å². The summed E-state index contributed by atoms with van der Waals surface area (Å²) in [6.07, 6.45) is -3.01. The highest BCUT2D eigenvalue weighted by Crippen LogP contribution is 2.33. The molecule has 2 aromatic heterocycles. The van der Waals surface area contributed by atoms with Gasteiger partial charge in [-0.1, -0.05) is 24.3 Å². The summed E-state index contributed by atoms with van der Waals surface area (Å²) in [6.45, 7) is 2.01. The Labute approximate surface area is 207 Å². The van der Waals surface area contributed by atoms with Crippen LogP contribution in [0.5, 0.6) is 11.5 Å². The molecule has 0 bridgehead atoms. The van der Waals surface area contributed by atoms with Crippen LogP contribution in [0.25, 0.3) is 32.7 Å². The molecule has 5 aromatic rings. The van der Waals surface area contributed by atoms with E-state index in [0.717, 1.165) is 22.7 Å². The number of phenols is 1. The van der Waals surface area contributed by atoms with Crippen molar-refractivity contribution in [3.05, 3.63) is 99.4 Å². The highest BCUT2D eigenvalue weighted by Gasteiger charge is 2.30. The van der Waals surface area contributed by atoms with Gasteiger partial charge in [0.25, 0.3) is 0 Å². The predicted octanol–water partition coefficient (Wildman–Crippen LogP) is 7.20. The number of benzene rings is 3. The van der Waals surface area contributed by atoms with Crippen LogP contribution in [0.3, 0.4) is 0 Å². The van der Waals surface area contributed by atoms with Crippen molar-refractivity contribution in [3.63, 3.8) is 0 Å². The zero-order chi connectivity index (χ0) is 25.4. The Hall–Kier alpha value is -4.11. The average Bonchev–Trinajstić information content (AvgIpc) is 3.23. The van der Waals surface area contributed by atoms with Crippen molar-refractivity contribution in [2.24, 2.45) is 0 Å². The number of thiazole rings is 1. The number of hydrogen-bond donors (Lipinski definition) is 1. The van der Waals surface area contributed by atoms with Crippen LogP contribution >= 0.6 is 11.3 Å². The van der Waals surface area contributed by atoms with Gasteiger partial charge in [-0.15, -0.1) is 11.3 Å². The summed E-state index contributed by atoms with van der Waals surface area (Å²) in [6, 6.07) is 16.1. The molecule has 0 atom stereocenters. The molecule has 5 nitrogen and oxygen atoms in total. The van der Waals surface area contributed by atoms with E-state index in [4.69, 9.17) is 9.15 Å². The minimum Gasteiger partial charge on any atom is -0.508 e. The van der Waals surface area contributed by atoms with E-state index in [1.165, 1.54) is 41.9 Å². The van der Waals surface area contributed by atoms with Crippen LogP contribution in [0.15, 0.2) is 82.2 Å². The fourth-order valence-electron chi connectivity index (χ4n) is 3.67. The summed E-state index contributed by atoms with van der Waals surface area (Å²) < 4.78 is 50.0. The molecule has 182 valence electrons. The van der Waals surface area contributed by atoms with E-state index in [1.54, 1.807) is 30.3 Å². The number of ether oxygens (including phenoxy) is 1. The minimum atomic E-state index is -4.39. The predicted molar refractivity (Wildman–Crippen MR) is 131 cm³/mol. The van der Waals surface area contributed by atoms with Gasteiger partial charge in [-0.2, -0.15) is 13.2 Å². The number of nitrogens with zero attached hydrogens (tertiary/aromatic N) is 1. The van der Waals surface area contributed by atoms with Crippen LogP contribution in [0, 0.1) is 6.92 Å². The normalized spacial score (nSPS) is 11.7. The zero-order valence-corrected chi connectivity index (χ0v) is 19.6. The van der Waals surface area contributed by atoms with Crippen molar-refractivity contribution in [1.29, 1.82) is 0 Å². The molecule has 0 aliphatic heterocycles. The Morgan fingerprint density at radius 2 is 1.69 bits per heavy atom. The van der Waals surface area contributed by atoms with Gasteiger partial charge in [-0.25, -0.2) is 4.98 Å². The fourth-order valence-corrected chi connectivity index (χ4v) is 4.66. The van der Waals surface area contributed by atoms with Crippen molar-refractivity contribution in [1.82, 2.24) is 4.98 Å². The lowest BCUT2D eigenvalue weighted by atomic mass is 10.1. The highest BCUT2D eigenvalue weighted by atomic mass is 32.1. The maximum atomic E-state index is 12.9. The van der Waals surface area contributed by atoms with E-state index >= 15 is 0 Å². The summed E-state index contributed by atoms with van der Waals surface area (Å²) in [4.78, 5) is 18.2. The number of hydrogen-bond acceptors (Lipinski definition) is 6. The first kappa shape index (κ1) is 23.6. The number of fused-ring (bicyclic) bond motifs is 1. The Kier molecular flexibility index (Phi) is 6.01. The Morgan fingerprint density at radius 1 is 1.00 bits per heavy atom. The second-order valence-electron chi connectivity index (χ2n) is 8.07. The van der Waals surface area contributed by atoms with E-state index in [-0.39, 0.29) is 17.8 Å². The molecule has 0 spiro atoms. The van der Waals surface area contributed by atoms with Crippen molar-refractivity contribution < 1.29 is 27.4 Å². The standard InChI is InChI=1S/C27H18F3NO4S/c1-15-24(36-26(31-15)17-2-6-18(7-3-17)27(28,29)30)14-34-20-10-11-21-23(12-20)35-13-22(25(21)33)16-4-8-19(32)9-5-16/h2-13,32H,14H2,1H3. The van der Waals surface area contributed by atoms with Crippen LogP contribution < -0.4 is 10.2 Å². The molecule has 0 unspecified atom stereocenters. The lowest BCUT2D eigenvalue weighted by Crippen LogP contribution is -2.05. The van der Waals surface area contributed by atoms with Crippen LogP contribution in [-0.4, -0.2) is 10.1 Å². The second-order valence-corrected chi connectivity index (χ2v) is 9.16. The van der Waals surface area contributed by atoms with Gasteiger partial charge in [-0.3, -0.25) is 4.79 Å². The first-order chi connectivity index (χ1) is 17.2. The summed E-state index contributed by atoms with van der Waals surface area (Å²) in [7, 11) is 0. The number of aromatic hydroxyl groups is 1. The average molecular weight is 510 g/mol. The van der Waals surface area contributed by atoms with Gasteiger partial charge in [0.15, 0.2) is 5.43 Å². The third-order valence-electron chi connectivity index (χ3n) is 5.65. The summed E-state index contributed by atoms with van der Waals surface area (Å²) in [5.41, 5.74) is 1.79. The van der Waals surface area contributed by atoms with Crippen LogP contribution in [0.4, 0.5) is 13.2 Å². The molecule has 0 fully saturated rings. The molecule has 0 aliphatic carbocycles. The Morgan fingerprint density at radius 3 is 2.39 bits per heavy atom. The molecule has 5 rings (SSSR count). The van der Waals surface area contributed by atoms with Gasteiger partial charge in [0.05, 0.1) is 27.1 Å².